The Bertz CT molecular complexity index is 1160. The molecule has 188 valence electrons. The SMILES string of the molecule is CCc1cccc(-c2cccc(OC3CCN(C(=O)Cc4cccnc4)CC3)c2)c1.O=C(O)C(=O)O. The molecule has 0 unspecified atom stereocenters. The molecule has 1 aliphatic heterocycles. The number of benzene rings is 2. The fraction of sp³-hybridized carbons (Fsp3) is 0.286. The van der Waals surface area contributed by atoms with Crippen LogP contribution in [0.1, 0.15) is 30.9 Å². The van der Waals surface area contributed by atoms with Crippen LogP contribution in [0.5, 0.6) is 5.75 Å². The fourth-order valence-corrected chi connectivity index (χ4v) is 3.92. The van der Waals surface area contributed by atoms with Crippen LogP contribution in [-0.2, 0) is 27.2 Å². The van der Waals surface area contributed by atoms with Crippen molar-refractivity contribution in [1.82, 2.24) is 9.88 Å². The Labute approximate surface area is 210 Å². The minimum Gasteiger partial charge on any atom is -0.490 e. The van der Waals surface area contributed by atoms with Crippen LogP contribution in [0.3, 0.4) is 0 Å². The first-order chi connectivity index (χ1) is 17.4. The Kier molecular flexibility index (Phi) is 9.56. The quantitative estimate of drug-likeness (QED) is 0.500. The number of carboxylic acids is 2. The summed E-state index contributed by atoms with van der Waals surface area (Å²) in [6, 6.07) is 20.8. The van der Waals surface area contributed by atoms with Crippen LogP contribution in [-0.4, -0.2) is 57.1 Å². The predicted octanol–water partition coefficient (Wildman–Crippen LogP) is 4.08. The number of aromatic nitrogens is 1. The van der Waals surface area contributed by atoms with Crippen molar-refractivity contribution in [3.63, 3.8) is 0 Å². The summed E-state index contributed by atoms with van der Waals surface area (Å²) >= 11 is 0. The number of hydrogen-bond acceptors (Lipinski definition) is 5. The molecule has 0 aliphatic carbocycles. The molecule has 0 atom stereocenters. The highest BCUT2D eigenvalue weighted by atomic mass is 16.5. The van der Waals surface area contributed by atoms with E-state index < -0.39 is 11.9 Å². The summed E-state index contributed by atoms with van der Waals surface area (Å²) in [7, 11) is 0. The minimum absolute atomic E-state index is 0.143. The van der Waals surface area contributed by atoms with Crippen molar-refractivity contribution in [1.29, 1.82) is 0 Å². The van der Waals surface area contributed by atoms with Crippen LogP contribution < -0.4 is 4.74 Å². The molecule has 0 bridgehead atoms. The normalized spacial score (nSPS) is 13.3. The van der Waals surface area contributed by atoms with Gasteiger partial charge in [-0.3, -0.25) is 9.78 Å². The number of ether oxygens (including phenoxy) is 1. The Balaban J connectivity index is 0.000000538. The molecule has 1 aliphatic rings. The molecular weight excluding hydrogens is 460 g/mol. The molecule has 8 nitrogen and oxygen atoms in total. The molecule has 2 aromatic carbocycles. The van der Waals surface area contributed by atoms with Crippen LogP contribution in [0.2, 0.25) is 0 Å². The molecule has 0 saturated carbocycles. The van der Waals surface area contributed by atoms with E-state index in [0.29, 0.717) is 6.42 Å². The molecule has 3 aromatic rings. The maximum atomic E-state index is 12.5. The molecular formula is C28H30N2O6. The van der Waals surface area contributed by atoms with Crippen molar-refractivity contribution in [2.75, 3.05) is 13.1 Å². The summed E-state index contributed by atoms with van der Waals surface area (Å²) < 4.78 is 6.27. The number of carboxylic acid groups (broad SMARTS) is 2. The van der Waals surface area contributed by atoms with Gasteiger partial charge in [0, 0.05) is 38.3 Å². The van der Waals surface area contributed by atoms with Crippen molar-refractivity contribution in [2.24, 2.45) is 0 Å². The summed E-state index contributed by atoms with van der Waals surface area (Å²) in [5.41, 5.74) is 4.69. The number of aryl methyl sites for hydroxylation is 1. The fourth-order valence-electron chi connectivity index (χ4n) is 3.92. The summed E-state index contributed by atoms with van der Waals surface area (Å²) in [5.74, 6) is -2.58. The molecule has 0 radical (unpaired) electrons. The van der Waals surface area contributed by atoms with E-state index in [-0.39, 0.29) is 12.0 Å². The van der Waals surface area contributed by atoms with Gasteiger partial charge in [0.2, 0.25) is 5.91 Å². The van der Waals surface area contributed by atoms with Gasteiger partial charge in [0.15, 0.2) is 0 Å². The van der Waals surface area contributed by atoms with E-state index in [9.17, 15) is 4.79 Å². The third kappa shape index (κ3) is 7.94. The Morgan fingerprint density at radius 3 is 2.17 bits per heavy atom. The molecule has 1 aromatic heterocycles. The maximum Gasteiger partial charge on any atom is 0.414 e. The third-order valence-electron chi connectivity index (χ3n) is 5.86. The molecule has 4 rings (SSSR count). The molecule has 0 spiro atoms. The van der Waals surface area contributed by atoms with Gasteiger partial charge in [-0.05, 0) is 46.9 Å². The standard InChI is InChI=1S/C26H28N2O2.C2H2O4/c1-2-20-6-3-8-22(16-20)23-9-4-10-25(18-23)30-24-11-14-28(15-12-24)26(29)17-21-7-5-13-27-19-21;3-1(4)2(5)6/h3-10,13,16,18-19,24H,2,11-12,14-15,17H2,1H3;(H,3,4)(H,5,6). The van der Waals surface area contributed by atoms with Crippen molar-refractivity contribution < 1.29 is 29.3 Å². The third-order valence-corrected chi connectivity index (χ3v) is 5.86. The average molecular weight is 491 g/mol. The number of aliphatic carboxylic acids is 2. The molecule has 1 saturated heterocycles. The zero-order chi connectivity index (χ0) is 25.9. The molecule has 2 heterocycles. The van der Waals surface area contributed by atoms with Gasteiger partial charge in [-0.2, -0.15) is 0 Å². The van der Waals surface area contributed by atoms with E-state index >= 15 is 0 Å². The van der Waals surface area contributed by atoms with Crippen LogP contribution >= 0.6 is 0 Å². The number of likely N-dealkylation sites (tertiary alicyclic amines) is 1. The summed E-state index contributed by atoms with van der Waals surface area (Å²) in [5, 5.41) is 14.8. The highest BCUT2D eigenvalue weighted by Crippen LogP contribution is 2.27. The van der Waals surface area contributed by atoms with E-state index in [1.54, 1.807) is 12.4 Å². The number of carbonyl (C=O) groups excluding carboxylic acids is 1. The van der Waals surface area contributed by atoms with Crippen LogP contribution in [0, 0.1) is 0 Å². The molecule has 1 amide bonds. The molecule has 8 heteroatoms. The van der Waals surface area contributed by atoms with Crippen molar-refractivity contribution >= 4 is 17.8 Å². The maximum absolute atomic E-state index is 12.5. The van der Waals surface area contributed by atoms with Gasteiger partial charge in [-0.1, -0.05) is 49.4 Å². The van der Waals surface area contributed by atoms with Gasteiger partial charge in [-0.15, -0.1) is 0 Å². The van der Waals surface area contributed by atoms with Crippen molar-refractivity contribution in [3.05, 3.63) is 84.2 Å². The lowest BCUT2D eigenvalue weighted by molar-refractivity contribution is -0.159. The average Bonchev–Trinajstić information content (AvgIpc) is 2.90. The van der Waals surface area contributed by atoms with E-state index in [0.717, 1.165) is 43.7 Å². The Morgan fingerprint density at radius 1 is 0.917 bits per heavy atom. The highest BCUT2D eigenvalue weighted by Gasteiger charge is 2.24. The van der Waals surface area contributed by atoms with E-state index in [1.165, 1.54) is 16.7 Å². The van der Waals surface area contributed by atoms with Crippen LogP contribution in [0.4, 0.5) is 0 Å². The first kappa shape index (κ1) is 26.4. The van der Waals surface area contributed by atoms with Crippen LogP contribution in [0.25, 0.3) is 11.1 Å². The summed E-state index contributed by atoms with van der Waals surface area (Å²) in [6.45, 7) is 3.65. The monoisotopic (exact) mass is 490 g/mol. The zero-order valence-electron chi connectivity index (χ0n) is 20.2. The van der Waals surface area contributed by atoms with Crippen LogP contribution in [0.15, 0.2) is 73.1 Å². The van der Waals surface area contributed by atoms with Gasteiger partial charge >= 0.3 is 11.9 Å². The largest absolute Gasteiger partial charge is 0.490 e. The predicted molar refractivity (Wildman–Crippen MR) is 135 cm³/mol. The van der Waals surface area contributed by atoms with Gasteiger partial charge in [0.25, 0.3) is 0 Å². The number of rotatable bonds is 6. The number of hydrogen-bond donors (Lipinski definition) is 2. The van der Waals surface area contributed by atoms with E-state index in [1.807, 2.05) is 23.1 Å². The van der Waals surface area contributed by atoms with Crippen molar-refractivity contribution in [3.8, 4) is 16.9 Å². The van der Waals surface area contributed by atoms with E-state index in [4.69, 9.17) is 24.5 Å². The number of pyridine rings is 1. The second-order valence-electron chi connectivity index (χ2n) is 8.43. The molecule has 1 fully saturated rings. The van der Waals surface area contributed by atoms with Gasteiger partial charge in [0.1, 0.15) is 11.9 Å². The zero-order valence-corrected chi connectivity index (χ0v) is 20.2. The summed E-state index contributed by atoms with van der Waals surface area (Å²) in [6.07, 6.45) is 6.79. The second-order valence-corrected chi connectivity index (χ2v) is 8.43. The molecule has 2 N–H and O–H groups in total. The number of carbonyl (C=O) groups is 3. The highest BCUT2D eigenvalue weighted by molar-refractivity contribution is 6.27. The minimum atomic E-state index is -1.82. The van der Waals surface area contributed by atoms with Gasteiger partial charge < -0.3 is 19.8 Å². The summed E-state index contributed by atoms with van der Waals surface area (Å²) in [4.78, 5) is 36.8. The lowest BCUT2D eigenvalue weighted by Crippen LogP contribution is -2.42. The van der Waals surface area contributed by atoms with Gasteiger partial charge in [-0.25, -0.2) is 9.59 Å². The topological polar surface area (TPSA) is 117 Å². The lowest BCUT2D eigenvalue weighted by atomic mass is 10.0. The number of amides is 1. The Hall–Kier alpha value is -4.20. The number of nitrogens with zero attached hydrogens (tertiary/aromatic N) is 2. The smallest absolute Gasteiger partial charge is 0.414 e. The second kappa shape index (κ2) is 13.0. The lowest BCUT2D eigenvalue weighted by Gasteiger charge is -2.32. The number of piperidine rings is 1. The van der Waals surface area contributed by atoms with Gasteiger partial charge in [0.05, 0.1) is 6.42 Å². The van der Waals surface area contributed by atoms with Crippen molar-refractivity contribution in [2.45, 2.75) is 38.7 Å². The first-order valence-corrected chi connectivity index (χ1v) is 11.8. The first-order valence-electron chi connectivity index (χ1n) is 11.8. The molecule has 36 heavy (non-hydrogen) atoms. The Morgan fingerprint density at radius 2 is 1.56 bits per heavy atom. The van der Waals surface area contributed by atoms with E-state index in [2.05, 4.69) is 54.4 Å².